The van der Waals surface area contributed by atoms with Crippen molar-refractivity contribution in [1.82, 2.24) is 9.78 Å². The third-order valence-electron chi connectivity index (χ3n) is 4.99. The third-order valence-corrected chi connectivity index (χ3v) is 6.49. The van der Waals surface area contributed by atoms with E-state index < -0.39 is 5.97 Å². The van der Waals surface area contributed by atoms with Crippen LogP contribution in [0.1, 0.15) is 27.7 Å². The van der Waals surface area contributed by atoms with Crippen LogP contribution in [0, 0.1) is 6.92 Å². The number of nitrogens with zero attached hydrogens (tertiary/aromatic N) is 2. The highest BCUT2D eigenvalue weighted by atomic mass is 35.5. The smallest absolute Gasteiger partial charge is 0.341 e. The summed E-state index contributed by atoms with van der Waals surface area (Å²) >= 11 is 13.3. The highest BCUT2D eigenvalue weighted by molar-refractivity contribution is 7.80. The number of nitrogens with one attached hydrogen (secondary N) is 2. The molecule has 0 unspecified atom stereocenters. The van der Waals surface area contributed by atoms with Crippen LogP contribution in [0.4, 0.5) is 10.8 Å². The zero-order valence-electron chi connectivity index (χ0n) is 18.7. The van der Waals surface area contributed by atoms with E-state index in [1.54, 1.807) is 17.8 Å². The lowest BCUT2D eigenvalue weighted by atomic mass is 10.0. The van der Waals surface area contributed by atoms with Gasteiger partial charge in [-0.1, -0.05) is 72.3 Å². The van der Waals surface area contributed by atoms with E-state index in [2.05, 4.69) is 15.7 Å². The Morgan fingerprint density at radius 1 is 1.12 bits per heavy atom. The van der Waals surface area contributed by atoms with E-state index in [1.807, 2.05) is 67.6 Å². The Morgan fingerprint density at radius 2 is 1.79 bits per heavy atom. The van der Waals surface area contributed by atoms with Crippen LogP contribution in [0.2, 0.25) is 5.02 Å². The number of benzene rings is 2. The van der Waals surface area contributed by atoms with Crippen molar-refractivity contribution in [2.24, 2.45) is 0 Å². The zero-order chi connectivity index (χ0) is 24.1. The van der Waals surface area contributed by atoms with Crippen molar-refractivity contribution in [3.63, 3.8) is 0 Å². The fourth-order valence-electron chi connectivity index (χ4n) is 3.56. The lowest BCUT2D eigenvalue weighted by molar-refractivity contribution is 0.0529. The maximum atomic E-state index is 12.9. The van der Waals surface area contributed by atoms with E-state index in [4.69, 9.17) is 28.6 Å². The van der Waals surface area contributed by atoms with Crippen molar-refractivity contribution in [2.45, 2.75) is 20.4 Å². The molecule has 4 rings (SSSR count). The Kier molecular flexibility index (Phi) is 7.62. The summed E-state index contributed by atoms with van der Waals surface area (Å²) in [5.74, 6) is 0.0329. The first kappa shape index (κ1) is 23.9. The number of carbonyl (C=O) groups excluding carboxylic acids is 1. The second-order valence-electron chi connectivity index (χ2n) is 7.41. The number of hydrogen-bond donors (Lipinski definition) is 2. The molecular formula is C25H23ClN4O2S2. The van der Waals surface area contributed by atoms with Gasteiger partial charge in [0.05, 0.1) is 13.2 Å². The molecule has 9 heteroatoms. The number of ether oxygens (including phenoxy) is 1. The van der Waals surface area contributed by atoms with Crippen LogP contribution in [0.3, 0.4) is 0 Å². The topological polar surface area (TPSA) is 68.2 Å². The second kappa shape index (κ2) is 10.8. The Morgan fingerprint density at radius 3 is 2.47 bits per heavy atom. The molecule has 0 aliphatic carbocycles. The first-order chi connectivity index (χ1) is 16.5. The highest BCUT2D eigenvalue weighted by Crippen LogP contribution is 2.40. The molecule has 4 aromatic rings. The van der Waals surface area contributed by atoms with E-state index in [-0.39, 0.29) is 11.7 Å². The van der Waals surface area contributed by atoms with E-state index in [0.717, 1.165) is 21.6 Å². The van der Waals surface area contributed by atoms with Crippen LogP contribution < -0.4 is 10.6 Å². The molecule has 0 amide bonds. The van der Waals surface area contributed by atoms with Crippen LogP contribution >= 0.6 is 35.2 Å². The van der Waals surface area contributed by atoms with Gasteiger partial charge < -0.3 is 15.4 Å². The second-order valence-corrected chi connectivity index (χ2v) is 9.45. The van der Waals surface area contributed by atoms with E-state index in [0.29, 0.717) is 27.9 Å². The summed E-state index contributed by atoms with van der Waals surface area (Å²) in [6, 6.07) is 19.7. The minimum atomic E-state index is -0.402. The standard InChI is InChI=1S/C25H23ClN4O2S2/c1-3-32-24(31)21-20(18-12-8-5-9-13-18)16(2)34-23(21)28-25(33)27-22-19(26)15-30(29-22)14-17-10-6-4-7-11-17/h4-13,15H,3,14H2,1-2H3,(H2,27,28,29,33). The first-order valence-electron chi connectivity index (χ1n) is 10.7. The molecule has 0 aliphatic rings. The van der Waals surface area contributed by atoms with Crippen LogP contribution in [0.15, 0.2) is 66.9 Å². The van der Waals surface area contributed by atoms with Crippen LogP contribution in [0.25, 0.3) is 11.1 Å². The van der Waals surface area contributed by atoms with Gasteiger partial charge in [0.15, 0.2) is 10.9 Å². The number of hydrogen-bond acceptors (Lipinski definition) is 5. The molecule has 0 aliphatic heterocycles. The molecule has 0 saturated carbocycles. The minimum Gasteiger partial charge on any atom is -0.462 e. The number of thiocarbonyl (C=S) groups is 1. The molecule has 2 N–H and O–H groups in total. The SMILES string of the molecule is CCOC(=O)c1c(NC(=S)Nc2nn(Cc3ccccc3)cc2Cl)sc(C)c1-c1ccccc1. The number of esters is 1. The molecule has 2 aromatic heterocycles. The van der Waals surface area contributed by atoms with Crippen molar-refractivity contribution in [3.05, 3.63) is 87.9 Å². The first-order valence-corrected chi connectivity index (χ1v) is 12.3. The summed E-state index contributed by atoms with van der Waals surface area (Å²) in [5.41, 5.74) is 3.34. The predicted molar refractivity (Wildman–Crippen MR) is 143 cm³/mol. The van der Waals surface area contributed by atoms with Gasteiger partial charge in [-0.2, -0.15) is 5.10 Å². The molecule has 0 bridgehead atoms. The third kappa shape index (κ3) is 5.47. The summed E-state index contributed by atoms with van der Waals surface area (Å²) in [7, 11) is 0. The number of anilines is 2. The minimum absolute atomic E-state index is 0.276. The summed E-state index contributed by atoms with van der Waals surface area (Å²) in [6.45, 7) is 4.62. The molecule has 0 fully saturated rings. The number of aromatic nitrogens is 2. The van der Waals surface area contributed by atoms with Crippen LogP contribution in [-0.4, -0.2) is 27.5 Å². The quantitative estimate of drug-likeness (QED) is 0.215. The van der Waals surface area contributed by atoms with Gasteiger partial charge in [0.2, 0.25) is 0 Å². The van der Waals surface area contributed by atoms with Gasteiger partial charge >= 0.3 is 5.97 Å². The molecule has 0 atom stereocenters. The Hall–Kier alpha value is -3.20. The molecule has 0 saturated heterocycles. The highest BCUT2D eigenvalue weighted by Gasteiger charge is 2.25. The van der Waals surface area contributed by atoms with Crippen LogP contribution in [0.5, 0.6) is 0 Å². The Bertz CT molecular complexity index is 1300. The van der Waals surface area contributed by atoms with Gasteiger partial charge in [-0.15, -0.1) is 11.3 Å². The number of aryl methyl sites for hydroxylation is 1. The largest absolute Gasteiger partial charge is 0.462 e. The maximum Gasteiger partial charge on any atom is 0.341 e. The normalized spacial score (nSPS) is 10.7. The molecule has 174 valence electrons. The molecule has 0 radical (unpaired) electrons. The van der Waals surface area contributed by atoms with Crippen molar-refractivity contribution in [1.29, 1.82) is 0 Å². The number of carbonyl (C=O) groups is 1. The van der Waals surface area contributed by atoms with Crippen LogP contribution in [-0.2, 0) is 11.3 Å². The van der Waals surface area contributed by atoms with Gasteiger partial charge in [0.25, 0.3) is 0 Å². The molecular weight excluding hydrogens is 488 g/mol. The fraction of sp³-hybridized carbons (Fsp3) is 0.160. The monoisotopic (exact) mass is 510 g/mol. The number of halogens is 1. The van der Waals surface area contributed by atoms with Crippen molar-refractivity contribution < 1.29 is 9.53 Å². The number of thiophene rings is 1. The average Bonchev–Trinajstić information content (AvgIpc) is 3.33. The van der Waals surface area contributed by atoms with Crippen molar-refractivity contribution in [3.8, 4) is 11.1 Å². The summed E-state index contributed by atoms with van der Waals surface area (Å²) in [5, 5.41) is 12.0. The lowest BCUT2D eigenvalue weighted by Gasteiger charge is -2.11. The maximum absolute atomic E-state index is 12.9. The zero-order valence-corrected chi connectivity index (χ0v) is 21.1. The lowest BCUT2D eigenvalue weighted by Crippen LogP contribution is -2.21. The molecule has 0 spiro atoms. The molecule has 2 aromatic carbocycles. The van der Waals surface area contributed by atoms with Crippen molar-refractivity contribution in [2.75, 3.05) is 17.2 Å². The van der Waals surface area contributed by atoms with Gasteiger partial charge in [-0.05, 0) is 37.2 Å². The van der Waals surface area contributed by atoms with Gasteiger partial charge in [-0.25, -0.2) is 4.79 Å². The average molecular weight is 511 g/mol. The summed E-state index contributed by atoms with van der Waals surface area (Å²) in [6.07, 6.45) is 1.74. The summed E-state index contributed by atoms with van der Waals surface area (Å²) in [4.78, 5) is 13.9. The predicted octanol–water partition coefficient (Wildman–Crippen LogP) is 6.61. The number of rotatable bonds is 7. The fourth-order valence-corrected chi connectivity index (χ4v) is 5.09. The van der Waals surface area contributed by atoms with E-state index in [9.17, 15) is 4.79 Å². The van der Waals surface area contributed by atoms with Crippen molar-refractivity contribution >= 4 is 57.1 Å². The Labute approximate surface area is 212 Å². The molecule has 2 heterocycles. The van der Waals surface area contributed by atoms with Gasteiger partial charge in [-0.3, -0.25) is 4.68 Å². The van der Waals surface area contributed by atoms with Gasteiger partial charge in [0.1, 0.15) is 15.6 Å². The Balaban J connectivity index is 1.56. The van der Waals surface area contributed by atoms with E-state index in [1.165, 1.54) is 11.3 Å². The van der Waals surface area contributed by atoms with E-state index >= 15 is 0 Å². The molecule has 6 nitrogen and oxygen atoms in total. The summed E-state index contributed by atoms with van der Waals surface area (Å²) < 4.78 is 7.10. The van der Waals surface area contributed by atoms with Gasteiger partial charge in [0, 0.05) is 16.6 Å². The molecule has 34 heavy (non-hydrogen) atoms.